The third kappa shape index (κ3) is 1.50. The van der Waals surface area contributed by atoms with Crippen LogP contribution in [-0.4, -0.2) is 24.1 Å². The maximum Gasteiger partial charge on any atom is 0.278 e. The first-order chi connectivity index (χ1) is 6.32. The Morgan fingerprint density at radius 3 is 2.64 bits per heavy atom. The van der Waals surface area contributed by atoms with Crippen molar-refractivity contribution in [2.45, 2.75) is 23.4 Å². The second-order valence-electron chi connectivity index (χ2n) is 3.03. The highest BCUT2D eigenvalue weighted by Gasteiger charge is 2.60. The number of rotatable bonds is 2. The lowest BCUT2D eigenvalue weighted by Gasteiger charge is -2.02. The van der Waals surface area contributed by atoms with Crippen LogP contribution in [0, 0.1) is 0 Å². The van der Waals surface area contributed by atoms with Crippen molar-refractivity contribution in [1.82, 2.24) is 9.78 Å². The molecule has 2 rings (SSSR count). The van der Waals surface area contributed by atoms with Crippen LogP contribution in [0.5, 0.6) is 0 Å². The summed E-state index contributed by atoms with van der Waals surface area (Å²) < 4.78 is 47.8. The van der Waals surface area contributed by atoms with E-state index in [0.29, 0.717) is 0 Å². The predicted molar refractivity (Wildman–Crippen MR) is 43.9 cm³/mol. The lowest BCUT2D eigenvalue weighted by Crippen LogP contribution is -2.09. The van der Waals surface area contributed by atoms with E-state index in [-0.39, 0.29) is 5.03 Å². The van der Waals surface area contributed by atoms with Gasteiger partial charge in [0.15, 0.2) is 5.03 Å². The Balaban J connectivity index is 2.43. The summed E-state index contributed by atoms with van der Waals surface area (Å²) in [5.74, 6) is -2.87. The van der Waals surface area contributed by atoms with E-state index in [4.69, 9.17) is 10.7 Å². The van der Waals surface area contributed by atoms with E-state index in [9.17, 15) is 17.2 Å². The van der Waals surface area contributed by atoms with Gasteiger partial charge in [0, 0.05) is 17.1 Å². The monoisotopic (exact) mass is 242 g/mol. The Morgan fingerprint density at radius 1 is 1.64 bits per heavy atom. The maximum atomic E-state index is 12.6. The molecule has 0 saturated heterocycles. The van der Waals surface area contributed by atoms with Crippen molar-refractivity contribution >= 4 is 19.7 Å². The molecule has 78 valence electrons. The fraction of sp³-hybridized carbons (Fsp3) is 0.500. The zero-order chi connectivity index (χ0) is 10.6. The molecule has 14 heavy (non-hydrogen) atoms. The first-order valence-corrected chi connectivity index (χ1v) is 5.99. The molecule has 0 bridgehead atoms. The van der Waals surface area contributed by atoms with Gasteiger partial charge in [-0.2, -0.15) is 5.10 Å². The van der Waals surface area contributed by atoms with Crippen LogP contribution < -0.4 is 0 Å². The van der Waals surface area contributed by atoms with Crippen molar-refractivity contribution in [3.63, 3.8) is 0 Å². The lowest BCUT2D eigenvalue weighted by molar-refractivity contribution is 0.0965. The minimum Gasteiger partial charge on any atom is -0.244 e. The summed E-state index contributed by atoms with van der Waals surface area (Å²) in [6, 6.07) is -0.0856. The number of alkyl halides is 2. The van der Waals surface area contributed by atoms with Gasteiger partial charge in [0.05, 0.1) is 6.20 Å². The van der Waals surface area contributed by atoms with Crippen LogP contribution in [0.3, 0.4) is 0 Å². The summed E-state index contributed by atoms with van der Waals surface area (Å²) in [5.41, 5.74) is 0. The number of nitrogens with zero attached hydrogens (tertiary/aromatic N) is 2. The SMILES string of the molecule is O=S(=O)(Cl)c1ccnn1C1CC1(F)F. The molecule has 1 aromatic rings. The molecule has 0 spiro atoms. The van der Waals surface area contributed by atoms with E-state index < -0.39 is 27.4 Å². The van der Waals surface area contributed by atoms with Crippen molar-refractivity contribution in [2.75, 3.05) is 0 Å². The first kappa shape index (κ1) is 9.85. The molecule has 0 N–H and O–H groups in total. The van der Waals surface area contributed by atoms with Gasteiger partial charge in [-0.1, -0.05) is 0 Å². The molecule has 1 unspecified atom stereocenters. The molecule has 0 radical (unpaired) electrons. The molecule has 1 saturated carbocycles. The Kier molecular flexibility index (Phi) is 1.87. The molecule has 1 fully saturated rings. The summed E-state index contributed by atoms with van der Waals surface area (Å²) in [7, 11) is 1.03. The largest absolute Gasteiger partial charge is 0.278 e. The fourth-order valence-corrected chi connectivity index (χ4v) is 2.18. The van der Waals surface area contributed by atoms with Gasteiger partial charge in [0.1, 0.15) is 6.04 Å². The standard InChI is InChI=1S/C6H5ClF2N2O2S/c7-14(12,13)5-1-2-10-11(5)4-3-6(4,8)9/h1-2,4H,3H2. The van der Waals surface area contributed by atoms with Crippen LogP contribution >= 0.6 is 10.7 Å². The van der Waals surface area contributed by atoms with Crippen molar-refractivity contribution in [3.8, 4) is 0 Å². The summed E-state index contributed by atoms with van der Waals surface area (Å²) in [6.45, 7) is 0. The number of aromatic nitrogens is 2. The smallest absolute Gasteiger partial charge is 0.244 e. The molecule has 0 amide bonds. The van der Waals surface area contributed by atoms with Gasteiger partial charge in [0.2, 0.25) is 0 Å². The summed E-state index contributed by atoms with van der Waals surface area (Å²) in [6.07, 6.45) is 0.734. The van der Waals surface area contributed by atoms with Gasteiger partial charge in [-0.15, -0.1) is 0 Å². The van der Waals surface area contributed by atoms with Crippen molar-refractivity contribution in [1.29, 1.82) is 0 Å². The zero-order valence-electron chi connectivity index (χ0n) is 6.69. The normalized spacial score (nSPS) is 24.9. The molecule has 1 aliphatic rings. The quantitative estimate of drug-likeness (QED) is 0.737. The van der Waals surface area contributed by atoms with E-state index in [2.05, 4.69) is 5.10 Å². The van der Waals surface area contributed by atoms with E-state index in [1.165, 1.54) is 0 Å². The maximum absolute atomic E-state index is 12.6. The third-order valence-corrected chi connectivity index (χ3v) is 3.27. The van der Waals surface area contributed by atoms with Crippen molar-refractivity contribution in [2.24, 2.45) is 0 Å². The van der Waals surface area contributed by atoms with Crippen LogP contribution in [0.25, 0.3) is 0 Å². The minimum absolute atomic E-state index is 0.388. The molecule has 8 heteroatoms. The van der Waals surface area contributed by atoms with Gasteiger partial charge in [0.25, 0.3) is 15.0 Å². The van der Waals surface area contributed by atoms with Gasteiger partial charge >= 0.3 is 0 Å². The average Bonchev–Trinajstić information content (AvgIpc) is 2.47. The lowest BCUT2D eigenvalue weighted by atomic mass is 10.6. The number of halogens is 3. The second-order valence-corrected chi connectivity index (χ2v) is 5.55. The molecule has 0 aromatic carbocycles. The van der Waals surface area contributed by atoms with Gasteiger partial charge < -0.3 is 0 Å². The van der Waals surface area contributed by atoms with Crippen LogP contribution in [0.1, 0.15) is 12.5 Å². The highest BCUT2D eigenvalue weighted by atomic mass is 35.7. The average molecular weight is 243 g/mol. The van der Waals surface area contributed by atoms with Crippen LogP contribution in [0.15, 0.2) is 17.3 Å². The highest BCUT2D eigenvalue weighted by Crippen LogP contribution is 2.52. The van der Waals surface area contributed by atoms with Crippen molar-refractivity contribution < 1.29 is 17.2 Å². The fourth-order valence-electron chi connectivity index (χ4n) is 1.19. The highest BCUT2D eigenvalue weighted by molar-refractivity contribution is 8.13. The van der Waals surface area contributed by atoms with Gasteiger partial charge in [-0.05, 0) is 6.07 Å². The Hall–Kier alpha value is -0.690. The Morgan fingerprint density at radius 2 is 2.21 bits per heavy atom. The Bertz CT molecular complexity index is 470. The molecular weight excluding hydrogens is 238 g/mol. The summed E-state index contributed by atoms with van der Waals surface area (Å²) >= 11 is 0. The molecule has 0 aliphatic heterocycles. The van der Waals surface area contributed by atoms with Crippen LogP contribution in [-0.2, 0) is 9.05 Å². The third-order valence-electron chi connectivity index (χ3n) is 1.97. The van der Waals surface area contributed by atoms with Crippen LogP contribution in [0.4, 0.5) is 8.78 Å². The molecule has 1 aromatic heterocycles. The predicted octanol–water partition coefficient (Wildman–Crippen LogP) is 1.39. The summed E-state index contributed by atoms with van der Waals surface area (Å²) in [5, 5.41) is 3.13. The molecular formula is C6H5ClF2N2O2S. The van der Waals surface area contributed by atoms with E-state index >= 15 is 0 Å². The Labute approximate surface area is 82.9 Å². The summed E-state index contributed by atoms with van der Waals surface area (Å²) in [4.78, 5) is 0. The van der Waals surface area contributed by atoms with Crippen molar-refractivity contribution in [3.05, 3.63) is 12.3 Å². The van der Waals surface area contributed by atoms with Gasteiger partial charge in [-0.25, -0.2) is 21.9 Å². The molecule has 4 nitrogen and oxygen atoms in total. The second kappa shape index (κ2) is 2.66. The van der Waals surface area contributed by atoms with Crippen LogP contribution in [0.2, 0.25) is 0 Å². The zero-order valence-corrected chi connectivity index (χ0v) is 8.26. The van der Waals surface area contributed by atoms with Gasteiger partial charge in [-0.3, -0.25) is 0 Å². The molecule has 1 atom stereocenters. The van der Waals surface area contributed by atoms with E-state index in [1.54, 1.807) is 0 Å². The number of hydrogen-bond donors (Lipinski definition) is 0. The van der Waals surface area contributed by atoms with E-state index in [1.807, 2.05) is 0 Å². The minimum atomic E-state index is -4.01. The topological polar surface area (TPSA) is 52.0 Å². The molecule has 1 aliphatic carbocycles. The first-order valence-electron chi connectivity index (χ1n) is 3.68. The molecule has 1 heterocycles. The number of hydrogen-bond acceptors (Lipinski definition) is 3. The van der Waals surface area contributed by atoms with E-state index in [0.717, 1.165) is 16.9 Å².